The molecule has 0 N–H and O–H groups in total. The number of hydrogen-bond donors (Lipinski definition) is 0. The van der Waals surface area contributed by atoms with Crippen LogP contribution in [-0.2, 0) is 6.54 Å². The smallest absolute Gasteiger partial charge is 0.224 e. The van der Waals surface area contributed by atoms with E-state index >= 15 is 0 Å². The molecule has 1 aliphatic rings. The molecule has 0 aliphatic carbocycles. The van der Waals surface area contributed by atoms with Crippen LogP contribution < -0.4 is 14.4 Å². The number of ether oxygens (including phenoxy) is 2. The molecule has 1 saturated heterocycles. The maximum atomic E-state index is 14.0. The van der Waals surface area contributed by atoms with Gasteiger partial charge in [-0.1, -0.05) is 18.2 Å². The summed E-state index contributed by atoms with van der Waals surface area (Å²) in [6.07, 6.45) is 1.46. The van der Waals surface area contributed by atoms with Crippen LogP contribution in [-0.4, -0.2) is 48.2 Å². The van der Waals surface area contributed by atoms with Gasteiger partial charge in [0, 0.05) is 38.8 Å². The van der Waals surface area contributed by atoms with Gasteiger partial charge in [0.15, 0.2) is 11.6 Å². The average Bonchev–Trinajstić information content (AvgIpc) is 2.77. The van der Waals surface area contributed by atoms with E-state index in [4.69, 9.17) is 9.47 Å². The molecule has 7 heteroatoms. The van der Waals surface area contributed by atoms with Crippen molar-refractivity contribution in [1.29, 1.82) is 0 Å². The Bertz CT molecular complexity index is 989. The van der Waals surface area contributed by atoms with E-state index in [1.807, 2.05) is 19.1 Å². The van der Waals surface area contributed by atoms with E-state index in [1.165, 1.54) is 18.0 Å². The van der Waals surface area contributed by atoms with Gasteiger partial charge >= 0.3 is 0 Å². The number of piperazine rings is 1. The zero-order valence-electron chi connectivity index (χ0n) is 17.2. The molecular weight excluding hydrogens is 383 g/mol. The van der Waals surface area contributed by atoms with Gasteiger partial charge in [0.25, 0.3) is 0 Å². The number of benzene rings is 2. The topological polar surface area (TPSA) is 50.7 Å². The minimum absolute atomic E-state index is 0.170. The van der Waals surface area contributed by atoms with Gasteiger partial charge < -0.3 is 14.4 Å². The fourth-order valence-electron chi connectivity index (χ4n) is 3.48. The summed E-state index contributed by atoms with van der Waals surface area (Å²) in [5.74, 6) is 1.76. The molecule has 4 rings (SSSR count). The molecule has 0 spiro atoms. The molecule has 0 amide bonds. The summed E-state index contributed by atoms with van der Waals surface area (Å²) in [4.78, 5) is 13.1. The average molecular weight is 408 g/mol. The monoisotopic (exact) mass is 408 g/mol. The van der Waals surface area contributed by atoms with E-state index in [2.05, 4.69) is 31.9 Å². The Morgan fingerprint density at radius 1 is 0.967 bits per heavy atom. The Labute approximate surface area is 175 Å². The fraction of sp³-hybridized carbons (Fsp3) is 0.304. The third-order valence-electron chi connectivity index (χ3n) is 5.19. The number of aryl methyl sites for hydroxylation is 1. The van der Waals surface area contributed by atoms with Crippen LogP contribution in [0.3, 0.4) is 0 Å². The lowest BCUT2D eigenvalue weighted by molar-refractivity contribution is 0.249. The molecule has 2 heterocycles. The van der Waals surface area contributed by atoms with Crippen molar-refractivity contribution in [2.24, 2.45) is 0 Å². The molecule has 0 bridgehead atoms. The van der Waals surface area contributed by atoms with Crippen molar-refractivity contribution in [3.8, 4) is 17.4 Å². The summed E-state index contributed by atoms with van der Waals surface area (Å²) in [5.41, 5.74) is 2.19. The highest BCUT2D eigenvalue weighted by Gasteiger charge is 2.19. The predicted octanol–water partition coefficient (Wildman–Crippen LogP) is 4.05. The summed E-state index contributed by atoms with van der Waals surface area (Å²) in [6, 6.07) is 14.7. The van der Waals surface area contributed by atoms with Crippen molar-refractivity contribution in [3.63, 3.8) is 0 Å². The highest BCUT2D eigenvalue weighted by molar-refractivity contribution is 5.43. The maximum absolute atomic E-state index is 14.0. The number of methoxy groups -OCH3 is 1. The third kappa shape index (κ3) is 4.86. The molecule has 6 nitrogen and oxygen atoms in total. The fourth-order valence-corrected chi connectivity index (χ4v) is 3.48. The zero-order chi connectivity index (χ0) is 20.9. The molecule has 0 radical (unpaired) electrons. The van der Waals surface area contributed by atoms with Crippen molar-refractivity contribution in [2.45, 2.75) is 13.5 Å². The van der Waals surface area contributed by atoms with Crippen LogP contribution in [0.1, 0.15) is 11.1 Å². The Hall–Kier alpha value is -3.19. The second kappa shape index (κ2) is 9.09. The van der Waals surface area contributed by atoms with E-state index < -0.39 is 5.82 Å². The van der Waals surface area contributed by atoms with E-state index in [9.17, 15) is 4.39 Å². The zero-order valence-corrected chi connectivity index (χ0v) is 17.2. The highest BCUT2D eigenvalue weighted by atomic mass is 19.1. The summed E-state index contributed by atoms with van der Waals surface area (Å²) >= 11 is 0. The first-order chi connectivity index (χ1) is 14.6. The molecule has 2 aromatic carbocycles. The maximum Gasteiger partial charge on any atom is 0.224 e. The molecular formula is C23H25FN4O2. The van der Waals surface area contributed by atoms with E-state index in [0.717, 1.165) is 49.9 Å². The molecule has 1 fully saturated rings. The van der Waals surface area contributed by atoms with Gasteiger partial charge in [0.2, 0.25) is 5.88 Å². The largest absolute Gasteiger partial charge is 0.497 e. The Morgan fingerprint density at radius 2 is 1.73 bits per heavy atom. The van der Waals surface area contributed by atoms with Crippen molar-refractivity contribution in [2.75, 3.05) is 38.2 Å². The van der Waals surface area contributed by atoms with Crippen molar-refractivity contribution in [1.82, 2.24) is 14.9 Å². The molecule has 0 saturated carbocycles. The van der Waals surface area contributed by atoms with Crippen LogP contribution in [0.15, 0.2) is 54.9 Å². The normalized spacial score (nSPS) is 14.6. The van der Waals surface area contributed by atoms with Crippen LogP contribution in [0.4, 0.5) is 10.2 Å². The Morgan fingerprint density at radius 3 is 2.47 bits per heavy atom. The highest BCUT2D eigenvalue weighted by Crippen LogP contribution is 2.26. The van der Waals surface area contributed by atoms with Crippen LogP contribution in [0, 0.1) is 12.7 Å². The summed E-state index contributed by atoms with van der Waals surface area (Å²) < 4.78 is 24.9. The standard InChI is InChI=1S/C23H25FN4O2/c1-17-3-8-20(24)21(13-17)30-23-14-22(25-16-26-23)28-11-9-27(10-12-28)15-18-4-6-19(29-2)7-5-18/h3-8,13-14,16H,9-12,15H2,1-2H3. The number of rotatable bonds is 6. The number of aromatic nitrogens is 2. The summed E-state index contributed by atoms with van der Waals surface area (Å²) in [7, 11) is 1.68. The first-order valence-electron chi connectivity index (χ1n) is 9.97. The van der Waals surface area contributed by atoms with Gasteiger partial charge in [-0.2, -0.15) is 0 Å². The molecule has 30 heavy (non-hydrogen) atoms. The number of nitrogens with zero attached hydrogens (tertiary/aromatic N) is 4. The summed E-state index contributed by atoms with van der Waals surface area (Å²) in [6.45, 7) is 6.36. The van der Waals surface area contributed by atoms with Gasteiger partial charge in [-0.3, -0.25) is 4.90 Å². The van der Waals surface area contributed by atoms with Crippen LogP contribution in [0.2, 0.25) is 0 Å². The molecule has 0 unspecified atom stereocenters. The van der Waals surface area contributed by atoms with Crippen molar-refractivity contribution in [3.05, 3.63) is 71.8 Å². The Kier molecular flexibility index (Phi) is 6.09. The minimum atomic E-state index is -0.409. The lowest BCUT2D eigenvalue weighted by Gasteiger charge is -2.35. The lowest BCUT2D eigenvalue weighted by Crippen LogP contribution is -2.46. The van der Waals surface area contributed by atoms with Crippen LogP contribution in [0.25, 0.3) is 0 Å². The minimum Gasteiger partial charge on any atom is -0.497 e. The lowest BCUT2D eigenvalue weighted by atomic mass is 10.2. The van der Waals surface area contributed by atoms with Crippen molar-refractivity contribution >= 4 is 5.82 Å². The van der Waals surface area contributed by atoms with E-state index in [0.29, 0.717) is 5.88 Å². The van der Waals surface area contributed by atoms with Gasteiger partial charge in [0.1, 0.15) is 17.9 Å². The Balaban J connectivity index is 1.36. The van der Waals surface area contributed by atoms with Gasteiger partial charge in [0.05, 0.1) is 7.11 Å². The SMILES string of the molecule is COc1ccc(CN2CCN(c3cc(Oc4cc(C)ccc4F)ncn3)CC2)cc1. The molecule has 1 aliphatic heterocycles. The van der Waals surface area contributed by atoms with Gasteiger partial charge in [-0.25, -0.2) is 14.4 Å². The molecule has 1 aromatic heterocycles. The molecule has 3 aromatic rings. The second-order valence-electron chi connectivity index (χ2n) is 7.36. The van der Waals surface area contributed by atoms with Crippen LogP contribution in [0.5, 0.6) is 17.4 Å². The van der Waals surface area contributed by atoms with E-state index in [1.54, 1.807) is 25.3 Å². The van der Waals surface area contributed by atoms with Crippen molar-refractivity contribution < 1.29 is 13.9 Å². The molecule has 156 valence electrons. The molecule has 0 atom stereocenters. The second-order valence-corrected chi connectivity index (χ2v) is 7.36. The number of hydrogen-bond acceptors (Lipinski definition) is 6. The third-order valence-corrected chi connectivity index (χ3v) is 5.19. The first-order valence-corrected chi connectivity index (χ1v) is 9.97. The number of anilines is 1. The van der Waals surface area contributed by atoms with Crippen LogP contribution >= 0.6 is 0 Å². The first kappa shape index (κ1) is 20.1. The number of halogens is 1. The van der Waals surface area contributed by atoms with E-state index in [-0.39, 0.29) is 5.75 Å². The van der Waals surface area contributed by atoms with Gasteiger partial charge in [-0.05, 0) is 42.3 Å². The quantitative estimate of drug-likeness (QED) is 0.613. The predicted molar refractivity (Wildman–Crippen MR) is 114 cm³/mol. The summed E-state index contributed by atoms with van der Waals surface area (Å²) in [5, 5.41) is 0. The van der Waals surface area contributed by atoms with Gasteiger partial charge in [-0.15, -0.1) is 0 Å².